The molecule has 0 aliphatic carbocycles. The van der Waals surface area contributed by atoms with Gasteiger partial charge in [0.25, 0.3) is 0 Å². The van der Waals surface area contributed by atoms with Gasteiger partial charge in [0.15, 0.2) is 0 Å². The van der Waals surface area contributed by atoms with Crippen LogP contribution in [0.3, 0.4) is 0 Å². The lowest BCUT2D eigenvalue weighted by atomic mass is 10.2. The molecule has 20 heavy (non-hydrogen) atoms. The van der Waals surface area contributed by atoms with Crippen molar-refractivity contribution >= 4 is 11.6 Å². The van der Waals surface area contributed by atoms with Crippen LogP contribution in [-0.4, -0.2) is 12.5 Å². The minimum Gasteiger partial charge on any atom is -0.320 e. The molecule has 5 heteroatoms. The lowest BCUT2D eigenvalue weighted by Gasteiger charge is -2.08. The molecule has 3 nitrogen and oxygen atoms in total. The zero-order valence-electron chi connectivity index (χ0n) is 10.7. The molecule has 0 aliphatic rings. The summed E-state index contributed by atoms with van der Waals surface area (Å²) in [5, 5.41) is 5.12. The molecule has 0 bridgehead atoms. The Morgan fingerprint density at radius 1 is 0.950 bits per heavy atom. The van der Waals surface area contributed by atoms with Crippen molar-refractivity contribution in [2.45, 2.75) is 6.54 Å². The summed E-state index contributed by atoms with van der Waals surface area (Å²) in [5.41, 5.74) is 0.608. The summed E-state index contributed by atoms with van der Waals surface area (Å²) < 4.78 is 26.6. The predicted octanol–water partition coefficient (Wildman–Crippen LogP) is 2.69. The Bertz CT molecular complexity index is 567. The van der Waals surface area contributed by atoms with Gasteiger partial charge in [0, 0.05) is 6.54 Å². The van der Waals surface area contributed by atoms with Crippen LogP contribution in [0.15, 0.2) is 48.5 Å². The quantitative estimate of drug-likeness (QED) is 0.881. The minimum atomic E-state index is -0.790. The van der Waals surface area contributed by atoms with Crippen LogP contribution in [0.1, 0.15) is 5.56 Å². The molecular formula is C15H14F2N2O. The third-order valence-corrected chi connectivity index (χ3v) is 2.68. The minimum absolute atomic E-state index is 0.0251. The summed E-state index contributed by atoms with van der Waals surface area (Å²) in [4.78, 5) is 11.6. The third kappa shape index (κ3) is 3.86. The van der Waals surface area contributed by atoms with Gasteiger partial charge in [-0.1, -0.05) is 36.4 Å². The first-order valence-electron chi connectivity index (χ1n) is 6.15. The van der Waals surface area contributed by atoms with Gasteiger partial charge in [-0.05, 0) is 17.7 Å². The number of benzene rings is 2. The highest BCUT2D eigenvalue weighted by atomic mass is 19.1. The molecular weight excluding hydrogens is 262 g/mol. The Balaban J connectivity index is 1.84. The van der Waals surface area contributed by atoms with E-state index in [1.54, 1.807) is 0 Å². The van der Waals surface area contributed by atoms with Crippen molar-refractivity contribution in [3.8, 4) is 0 Å². The molecule has 2 N–H and O–H groups in total. The maximum atomic E-state index is 13.3. The summed E-state index contributed by atoms with van der Waals surface area (Å²) in [6, 6.07) is 13.0. The topological polar surface area (TPSA) is 41.1 Å². The Morgan fingerprint density at radius 3 is 2.25 bits per heavy atom. The van der Waals surface area contributed by atoms with Crippen molar-refractivity contribution in [1.82, 2.24) is 5.32 Å². The number of hydrogen-bond acceptors (Lipinski definition) is 2. The normalized spacial score (nSPS) is 10.3. The summed E-state index contributed by atoms with van der Waals surface area (Å²) in [5.74, 6) is -2.08. The number of anilines is 1. The van der Waals surface area contributed by atoms with Gasteiger partial charge in [-0.25, -0.2) is 8.78 Å². The van der Waals surface area contributed by atoms with Gasteiger partial charge in [0.1, 0.15) is 17.3 Å². The summed E-state index contributed by atoms with van der Waals surface area (Å²) in [6.45, 7) is 0.483. The van der Waals surface area contributed by atoms with Gasteiger partial charge in [0.05, 0.1) is 6.54 Å². The fraction of sp³-hybridized carbons (Fsp3) is 0.133. The highest BCUT2D eigenvalue weighted by Crippen LogP contribution is 2.17. The van der Waals surface area contributed by atoms with E-state index in [0.717, 1.165) is 17.7 Å². The molecule has 0 aliphatic heterocycles. The summed E-state index contributed by atoms with van der Waals surface area (Å²) in [7, 11) is 0. The molecule has 2 rings (SSSR count). The van der Waals surface area contributed by atoms with Crippen LogP contribution in [0.25, 0.3) is 0 Å². The van der Waals surface area contributed by atoms with Crippen molar-refractivity contribution in [3.63, 3.8) is 0 Å². The number of halogens is 2. The molecule has 0 radical (unpaired) electrons. The van der Waals surface area contributed by atoms with Gasteiger partial charge >= 0.3 is 0 Å². The molecule has 104 valence electrons. The lowest BCUT2D eigenvalue weighted by Crippen LogP contribution is -2.28. The molecule has 2 aromatic carbocycles. The van der Waals surface area contributed by atoms with E-state index in [1.807, 2.05) is 30.3 Å². The van der Waals surface area contributed by atoms with E-state index in [9.17, 15) is 13.6 Å². The molecule has 0 spiro atoms. The van der Waals surface area contributed by atoms with E-state index < -0.39 is 23.2 Å². The van der Waals surface area contributed by atoms with E-state index in [2.05, 4.69) is 10.6 Å². The second kappa shape index (κ2) is 6.77. The maximum Gasteiger partial charge on any atom is 0.238 e. The van der Waals surface area contributed by atoms with E-state index in [4.69, 9.17) is 0 Å². The fourth-order valence-electron chi connectivity index (χ4n) is 1.72. The van der Waals surface area contributed by atoms with Crippen molar-refractivity contribution in [1.29, 1.82) is 0 Å². The SMILES string of the molecule is O=C(CNCc1ccccc1)Nc1c(F)cccc1F. The van der Waals surface area contributed by atoms with Crippen LogP contribution in [-0.2, 0) is 11.3 Å². The largest absolute Gasteiger partial charge is 0.320 e. The standard InChI is InChI=1S/C15H14F2N2O/c16-12-7-4-8-13(17)15(12)19-14(20)10-18-9-11-5-2-1-3-6-11/h1-8,18H,9-10H2,(H,19,20). The van der Waals surface area contributed by atoms with Crippen LogP contribution in [0.5, 0.6) is 0 Å². The monoisotopic (exact) mass is 276 g/mol. The Morgan fingerprint density at radius 2 is 1.60 bits per heavy atom. The first-order chi connectivity index (χ1) is 9.66. The van der Waals surface area contributed by atoms with E-state index >= 15 is 0 Å². The van der Waals surface area contributed by atoms with Crippen molar-refractivity contribution in [2.24, 2.45) is 0 Å². The molecule has 2 aromatic rings. The molecule has 0 saturated heterocycles. The first-order valence-corrected chi connectivity index (χ1v) is 6.15. The lowest BCUT2D eigenvalue weighted by molar-refractivity contribution is -0.115. The molecule has 0 aromatic heterocycles. The Labute approximate surface area is 115 Å². The highest BCUT2D eigenvalue weighted by Gasteiger charge is 2.11. The van der Waals surface area contributed by atoms with Gasteiger partial charge in [0.2, 0.25) is 5.91 Å². The van der Waals surface area contributed by atoms with Crippen LogP contribution >= 0.6 is 0 Å². The van der Waals surface area contributed by atoms with Crippen molar-refractivity contribution in [3.05, 3.63) is 65.7 Å². The second-order valence-electron chi connectivity index (χ2n) is 4.23. The number of rotatable bonds is 5. The van der Waals surface area contributed by atoms with Crippen molar-refractivity contribution < 1.29 is 13.6 Å². The van der Waals surface area contributed by atoms with Crippen LogP contribution in [0.4, 0.5) is 14.5 Å². The zero-order valence-corrected chi connectivity index (χ0v) is 10.7. The first kappa shape index (κ1) is 14.1. The van der Waals surface area contributed by atoms with Gasteiger partial charge in [-0.2, -0.15) is 0 Å². The number of carbonyl (C=O) groups excluding carboxylic acids is 1. The molecule has 0 saturated carbocycles. The van der Waals surface area contributed by atoms with Gasteiger partial charge in [-0.15, -0.1) is 0 Å². The molecule has 0 unspecified atom stereocenters. The van der Waals surface area contributed by atoms with Gasteiger partial charge in [-0.3, -0.25) is 4.79 Å². The van der Waals surface area contributed by atoms with Crippen LogP contribution in [0, 0.1) is 11.6 Å². The van der Waals surface area contributed by atoms with Crippen LogP contribution < -0.4 is 10.6 Å². The number of nitrogens with one attached hydrogen (secondary N) is 2. The van der Waals surface area contributed by atoms with Crippen molar-refractivity contribution in [2.75, 3.05) is 11.9 Å². The Hall–Kier alpha value is -2.27. The fourth-order valence-corrected chi connectivity index (χ4v) is 1.72. The highest BCUT2D eigenvalue weighted by molar-refractivity contribution is 5.92. The number of para-hydroxylation sites is 1. The summed E-state index contributed by atoms with van der Waals surface area (Å²) >= 11 is 0. The predicted molar refractivity (Wildman–Crippen MR) is 73.1 cm³/mol. The molecule has 0 atom stereocenters. The van der Waals surface area contributed by atoms with Gasteiger partial charge < -0.3 is 10.6 Å². The molecule has 0 heterocycles. The van der Waals surface area contributed by atoms with E-state index in [0.29, 0.717) is 6.54 Å². The summed E-state index contributed by atoms with van der Waals surface area (Å²) in [6.07, 6.45) is 0. The number of amides is 1. The average molecular weight is 276 g/mol. The second-order valence-corrected chi connectivity index (χ2v) is 4.23. The van der Waals surface area contributed by atoms with Crippen LogP contribution in [0.2, 0.25) is 0 Å². The van der Waals surface area contributed by atoms with E-state index in [-0.39, 0.29) is 6.54 Å². The number of carbonyl (C=O) groups is 1. The zero-order chi connectivity index (χ0) is 14.4. The third-order valence-electron chi connectivity index (χ3n) is 2.68. The Kier molecular flexibility index (Phi) is 4.79. The number of hydrogen-bond donors (Lipinski definition) is 2. The molecule has 1 amide bonds. The van der Waals surface area contributed by atoms with E-state index in [1.165, 1.54) is 6.07 Å². The average Bonchev–Trinajstić information content (AvgIpc) is 2.44. The maximum absolute atomic E-state index is 13.3. The molecule has 0 fully saturated rings. The smallest absolute Gasteiger partial charge is 0.238 e.